The van der Waals surface area contributed by atoms with Crippen molar-refractivity contribution in [3.63, 3.8) is 0 Å². The van der Waals surface area contributed by atoms with Gasteiger partial charge >= 0.3 is 0 Å². The third-order valence-corrected chi connectivity index (χ3v) is 5.04. The molecule has 21 heavy (non-hydrogen) atoms. The van der Waals surface area contributed by atoms with Gasteiger partial charge in [-0.2, -0.15) is 0 Å². The quantitative estimate of drug-likeness (QED) is 0.866. The molecule has 3 nitrogen and oxygen atoms in total. The van der Waals surface area contributed by atoms with Gasteiger partial charge in [-0.25, -0.2) is 0 Å². The van der Waals surface area contributed by atoms with Crippen LogP contribution in [0.5, 0.6) is 0 Å². The number of nitrogens with zero attached hydrogens (tertiary/aromatic N) is 2. The second-order valence-electron chi connectivity index (χ2n) is 5.44. The minimum absolute atomic E-state index is 0.259. The minimum Gasteiger partial charge on any atom is -0.374 e. The summed E-state index contributed by atoms with van der Waals surface area (Å²) in [6.45, 7) is 2.41. The molecular formula is C17H20N2OS. The highest BCUT2D eigenvalue weighted by Crippen LogP contribution is 2.24. The number of thiophene rings is 1. The maximum Gasteiger partial charge on any atom is 0.224 e. The fourth-order valence-corrected chi connectivity index (χ4v) is 3.58. The van der Waals surface area contributed by atoms with Gasteiger partial charge in [0.1, 0.15) is 0 Å². The Labute approximate surface area is 129 Å². The van der Waals surface area contributed by atoms with Crippen molar-refractivity contribution < 1.29 is 4.79 Å². The summed E-state index contributed by atoms with van der Waals surface area (Å²) >= 11 is 1.81. The molecule has 110 valence electrons. The highest BCUT2D eigenvalue weighted by Gasteiger charge is 2.21. The van der Waals surface area contributed by atoms with E-state index in [1.165, 1.54) is 10.4 Å². The van der Waals surface area contributed by atoms with Gasteiger partial charge in [-0.15, -0.1) is 11.3 Å². The summed E-state index contributed by atoms with van der Waals surface area (Å²) in [5, 5.41) is 2.13. The van der Waals surface area contributed by atoms with E-state index in [2.05, 4.69) is 28.5 Å². The Hall–Kier alpha value is -1.81. The second-order valence-corrected chi connectivity index (χ2v) is 6.44. The van der Waals surface area contributed by atoms with E-state index in [4.69, 9.17) is 0 Å². The molecule has 4 heteroatoms. The Balaban J connectivity index is 1.53. The third kappa shape index (κ3) is 3.27. The number of hydrogen-bond donors (Lipinski definition) is 0. The molecule has 2 heterocycles. The molecule has 0 saturated heterocycles. The zero-order valence-corrected chi connectivity index (χ0v) is 13.1. The van der Waals surface area contributed by atoms with Crippen LogP contribution in [0.1, 0.15) is 16.9 Å². The number of carbonyl (C=O) groups excluding carboxylic acids is 1. The summed E-state index contributed by atoms with van der Waals surface area (Å²) < 4.78 is 0. The summed E-state index contributed by atoms with van der Waals surface area (Å²) in [5.41, 5.74) is 2.49. The molecule has 1 aromatic carbocycles. The van der Waals surface area contributed by atoms with Crippen LogP contribution in [0.2, 0.25) is 0 Å². The molecule has 0 atom stereocenters. The van der Waals surface area contributed by atoms with Crippen molar-refractivity contribution in [2.75, 3.05) is 25.0 Å². The van der Waals surface area contributed by atoms with Crippen LogP contribution in [0, 0.1) is 0 Å². The molecule has 0 saturated carbocycles. The molecule has 1 aromatic heterocycles. The first kappa shape index (κ1) is 14.1. The first-order valence-corrected chi connectivity index (χ1v) is 8.21. The fraction of sp³-hybridized carbons (Fsp3) is 0.353. The predicted molar refractivity (Wildman–Crippen MR) is 87.8 cm³/mol. The van der Waals surface area contributed by atoms with Crippen LogP contribution in [0.25, 0.3) is 0 Å². The second kappa shape index (κ2) is 6.31. The van der Waals surface area contributed by atoms with Gasteiger partial charge in [-0.05, 0) is 35.6 Å². The zero-order chi connectivity index (χ0) is 14.7. The lowest BCUT2D eigenvalue weighted by molar-refractivity contribution is -0.131. The number of benzene rings is 1. The molecule has 0 unspecified atom stereocenters. The number of hydrogen-bond acceptors (Lipinski definition) is 3. The Morgan fingerprint density at radius 2 is 2.10 bits per heavy atom. The predicted octanol–water partition coefficient (Wildman–Crippen LogP) is 3.16. The lowest BCUT2D eigenvalue weighted by Crippen LogP contribution is -2.37. The number of carbonyl (C=O) groups is 1. The van der Waals surface area contributed by atoms with E-state index >= 15 is 0 Å². The van der Waals surface area contributed by atoms with Crippen LogP contribution in [0.15, 0.2) is 41.8 Å². The molecule has 0 spiro atoms. The highest BCUT2D eigenvalue weighted by molar-refractivity contribution is 7.10. The molecule has 0 fully saturated rings. The number of amides is 1. The van der Waals surface area contributed by atoms with Gasteiger partial charge < -0.3 is 9.80 Å². The van der Waals surface area contributed by atoms with Gasteiger partial charge in [0.15, 0.2) is 0 Å². The summed E-state index contributed by atoms with van der Waals surface area (Å²) in [5.74, 6) is 0.259. The fourth-order valence-electron chi connectivity index (χ4n) is 2.69. The van der Waals surface area contributed by atoms with Gasteiger partial charge in [0.25, 0.3) is 0 Å². The third-order valence-electron chi connectivity index (χ3n) is 4.02. The smallest absolute Gasteiger partial charge is 0.224 e. The van der Waals surface area contributed by atoms with E-state index in [1.54, 1.807) is 0 Å². The van der Waals surface area contributed by atoms with E-state index in [1.807, 2.05) is 41.5 Å². The summed E-state index contributed by atoms with van der Waals surface area (Å²) in [7, 11) is 2.04. The van der Waals surface area contributed by atoms with Crippen molar-refractivity contribution in [2.24, 2.45) is 0 Å². The topological polar surface area (TPSA) is 23.6 Å². The minimum atomic E-state index is 0.259. The molecule has 0 radical (unpaired) electrons. The summed E-state index contributed by atoms with van der Waals surface area (Å²) in [4.78, 5) is 17.9. The Bertz CT molecular complexity index is 608. The van der Waals surface area contributed by atoms with Gasteiger partial charge in [0.05, 0.1) is 0 Å². The van der Waals surface area contributed by atoms with Crippen LogP contribution in [0.4, 0.5) is 5.69 Å². The van der Waals surface area contributed by atoms with Crippen LogP contribution in [-0.2, 0) is 17.8 Å². The van der Waals surface area contributed by atoms with Crippen LogP contribution in [0.3, 0.4) is 0 Å². The first-order chi connectivity index (χ1) is 10.2. The molecule has 0 bridgehead atoms. The Morgan fingerprint density at radius 3 is 2.90 bits per heavy atom. The SMILES string of the molecule is CN(CCC(=O)N1CCc2sccc2C1)c1ccccc1. The van der Waals surface area contributed by atoms with E-state index in [9.17, 15) is 4.79 Å². The molecular weight excluding hydrogens is 280 g/mol. The van der Waals surface area contributed by atoms with Gasteiger partial charge in [0.2, 0.25) is 5.91 Å². The lowest BCUT2D eigenvalue weighted by atomic mass is 10.1. The van der Waals surface area contributed by atoms with Gasteiger partial charge in [-0.1, -0.05) is 18.2 Å². The van der Waals surface area contributed by atoms with Crippen molar-refractivity contribution in [1.29, 1.82) is 0 Å². The normalized spacial score (nSPS) is 13.9. The van der Waals surface area contributed by atoms with Crippen molar-refractivity contribution in [3.05, 3.63) is 52.2 Å². The number of rotatable bonds is 4. The maximum atomic E-state index is 12.4. The molecule has 1 aliphatic heterocycles. The van der Waals surface area contributed by atoms with E-state index in [0.717, 1.165) is 31.7 Å². The van der Waals surface area contributed by atoms with E-state index in [0.29, 0.717) is 6.42 Å². The molecule has 2 aromatic rings. The average Bonchev–Trinajstić information content (AvgIpc) is 3.00. The highest BCUT2D eigenvalue weighted by atomic mass is 32.1. The molecule has 0 aliphatic carbocycles. The zero-order valence-electron chi connectivity index (χ0n) is 12.3. The summed E-state index contributed by atoms with van der Waals surface area (Å²) in [6.07, 6.45) is 1.58. The Morgan fingerprint density at radius 1 is 1.29 bits per heavy atom. The van der Waals surface area contributed by atoms with E-state index < -0.39 is 0 Å². The molecule has 0 N–H and O–H groups in total. The standard InChI is InChI=1S/C17H20N2OS/c1-18(15-5-3-2-4-6-15)10-8-17(20)19-11-7-16-14(13-19)9-12-21-16/h2-6,9,12H,7-8,10-11,13H2,1H3. The molecule has 1 aliphatic rings. The van der Waals surface area contributed by atoms with Gasteiger partial charge in [0, 0.05) is 43.7 Å². The average molecular weight is 300 g/mol. The first-order valence-electron chi connectivity index (χ1n) is 7.33. The van der Waals surface area contributed by atoms with Crippen LogP contribution in [-0.4, -0.2) is 30.9 Å². The Kier molecular flexibility index (Phi) is 4.25. The van der Waals surface area contributed by atoms with Crippen molar-refractivity contribution in [3.8, 4) is 0 Å². The van der Waals surface area contributed by atoms with Crippen LogP contribution < -0.4 is 4.90 Å². The van der Waals surface area contributed by atoms with Crippen LogP contribution >= 0.6 is 11.3 Å². The largest absolute Gasteiger partial charge is 0.374 e. The molecule has 3 rings (SSSR count). The summed E-state index contributed by atoms with van der Waals surface area (Å²) in [6, 6.07) is 12.4. The monoisotopic (exact) mass is 300 g/mol. The number of anilines is 1. The number of fused-ring (bicyclic) bond motifs is 1. The van der Waals surface area contributed by atoms with Gasteiger partial charge in [-0.3, -0.25) is 4.79 Å². The lowest BCUT2D eigenvalue weighted by Gasteiger charge is -2.28. The van der Waals surface area contributed by atoms with Crippen molar-refractivity contribution >= 4 is 22.9 Å². The van der Waals surface area contributed by atoms with E-state index in [-0.39, 0.29) is 5.91 Å². The maximum absolute atomic E-state index is 12.4. The molecule has 1 amide bonds. The number of para-hydroxylation sites is 1. The van der Waals surface area contributed by atoms with Crippen molar-refractivity contribution in [1.82, 2.24) is 4.90 Å². The van der Waals surface area contributed by atoms with Crippen molar-refractivity contribution in [2.45, 2.75) is 19.4 Å².